The summed E-state index contributed by atoms with van der Waals surface area (Å²) in [6.45, 7) is 4.28. The molecule has 1 aromatic carbocycles. The molecule has 5 heteroatoms. The molecule has 110 valence electrons. The van der Waals surface area contributed by atoms with Gasteiger partial charge in [-0.2, -0.15) is 0 Å². The molecule has 21 heavy (non-hydrogen) atoms. The van der Waals surface area contributed by atoms with Crippen molar-refractivity contribution in [3.8, 4) is 5.75 Å². The Bertz CT molecular complexity index is 662. The summed E-state index contributed by atoms with van der Waals surface area (Å²) >= 11 is 3.50. The molecule has 1 aliphatic heterocycles. The molecule has 0 bridgehead atoms. The summed E-state index contributed by atoms with van der Waals surface area (Å²) in [5.74, 6) is 0.778. The SMILES string of the molecule is CCOc1ccc(C(=O)n2c(Br)cc3c2CCNC3)cc1. The molecule has 3 rings (SSSR count). The summed E-state index contributed by atoms with van der Waals surface area (Å²) in [5.41, 5.74) is 2.95. The van der Waals surface area contributed by atoms with Crippen molar-refractivity contribution in [2.45, 2.75) is 19.9 Å². The highest BCUT2D eigenvalue weighted by Crippen LogP contribution is 2.25. The number of hydrogen-bond acceptors (Lipinski definition) is 3. The van der Waals surface area contributed by atoms with Gasteiger partial charge >= 0.3 is 0 Å². The lowest BCUT2D eigenvalue weighted by molar-refractivity contribution is 0.0954. The van der Waals surface area contributed by atoms with E-state index in [2.05, 4.69) is 21.2 Å². The van der Waals surface area contributed by atoms with Gasteiger partial charge in [0, 0.05) is 30.8 Å². The van der Waals surface area contributed by atoms with Crippen LogP contribution in [0.3, 0.4) is 0 Å². The van der Waals surface area contributed by atoms with Crippen molar-refractivity contribution in [1.82, 2.24) is 9.88 Å². The highest BCUT2D eigenvalue weighted by atomic mass is 79.9. The minimum absolute atomic E-state index is 0.00641. The molecule has 0 aliphatic carbocycles. The average Bonchev–Trinajstić information content (AvgIpc) is 2.83. The molecule has 2 aromatic rings. The second-order valence-corrected chi connectivity index (χ2v) is 5.78. The van der Waals surface area contributed by atoms with Crippen molar-refractivity contribution in [2.24, 2.45) is 0 Å². The first kappa shape index (κ1) is 14.4. The molecule has 0 amide bonds. The minimum atomic E-state index is -0.00641. The predicted molar refractivity (Wildman–Crippen MR) is 84.9 cm³/mol. The zero-order chi connectivity index (χ0) is 14.8. The first-order chi connectivity index (χ1) is 10.2. The quantitative estimate of drug-likeness (QED) is 0.927. The van der Waals surface area contributed by atoms with E-state index < -0.39 is 0 Å². The van der Waals surface area contributed by atoms with Gasteiger partial charge in [0.25, 0.3) is 5.91 Å². The Morgan fingerprint density at radius 3 is 2.86 bits per heavy atom. The van der Waals surface area contributed by atoms with Crippen LogP contribution in [0.25, 0.3) is 0 Å². The summed E-state index contributed by atoms with van der Waals surface area (Å²) in [7, 11) is 0. The third kappa shape index (κ3) is 2.76. The van der Waals surface area contributed by atoms with E-state index in [1.54, 1.807) is 4.57 Å². The normalized spacial score (nSPS) is 13.8. The van der Waals surface area contributed by atoms with Crippen LogP contribution in [0.5, 0.6) is 5.75 Å². The highest BCUT2D eigenvalue weighted by molar-refractivity contribution is 9.10. The van der Waals surface area contributed by atoms with E-state index in [4.69, 9.17) is 4.74 Å². The summed E-state index contributed by atoms with van der Waals surface area (Å²) in [6, 6.07) is 9.32. The standard InChI is InChI=1S/C16H17BrN2O2/c1-2-21-13-5-3-11(4-6-13)16(20)19-14-7-8-18-10-12(14)9-15(19)17/h3-6,9,18H,2,7-8,10H2,1H3. The number of benzene rings is 1. The second kappa shape index (κ2) is 6.03. The van der Waals surface area contributed by atoms with E-state index in [1.165, 1.54) is 5.56 Å². The summed E-state index contributed by atoms with van der Waals surface area (Å²) in [5, 5.41) is 3.32. The van der Waals surface area contributed by atoms with E-state index in [0.29, 0.717) is 12.2 Å². The van der Waals surface area contributed by atoms with Crippen LogP contribution in [0, 0.1) is 0 Å². The average molecular weight is 349 g/mol. The van der Waals surface area contributed by atoms with Crippen LogP contribution in [-0.2, 0) is 13.0 Å². The number of ether oxygens (including phenoxy) is 1. The minimum Gasteiger partial charge on any atom is -0.494 e. The van der Waals surface area contributed by atoms with Crippen LogP contribution in [-0.4, -0.2) is 23.6 Å². The van der Waals surface area contributed by atoms with Gasteiger partial charge in [0.2, 0.25) is 0 Å². The summed E-state index contributed by atoms with van der Waals surface area (Å²) in [6.07, 6.45) is 0.865. The number of carbonyl (C=O) groups excluding carboxylic acids is 1. The van der Waals surface area contributed by atoms with Crippen molar-refractivity contribution in [1.29, 1.82) is 0 Å². The van der Waals surface area contributed by atoms with E-state index in [9.17, 15) is 4.79 Å². The fourth-order valence-corrected chi connectivity index (χ4v) is 3.28. The largest absolute Gasteiger partial charge is 0.494 e. The number of nitrogens with one attached hydrogen (secondary N) is 1. The monoisotopic (exact) mass is 348 g/mol. The molecule has 0 unspecified atom stereocenters. The lowest BCUT2D eigenvalue weighted by Crippen LogP contribution is -2.26. The molecule has 0 radical (unpaired) electrons. The van der Waals surface area contributed by atoms with E-state index in [1.807, 2.05) is 37.3 Å². The third-order valence-corrected chi connectivity index (χ3v) is 4.20. The van der Waals surface area contributed by atoms with Gasteiger partial charge in [-0.15, -0.1) is 0 Å². The Balaban J connectivity index is 1.93. The molecule has 0 saturated heterocycles. The van der Waals surface area contributed by atoms with E-state index in [-0.39, 0.29) is 5.91 Å². The first-order valence-electron chi connectivity index (χ1n) is 7.08. The highest BCUT2D eigenvalue weighted by Gasteiger charge is 2.21. The lowest BCUT2D eigenvalue weighted by atomic mass is 10.1. The molecule has 1 N–H and O–H groups in total. The van der Waals surface area contributed by atoms with Crippen molar-refractivity contribution < 1.29 is 9.53 Å². The fraction of sp³-hybridized carbons (Fsp3) is 0.312. The van der Waals surface area contributed by atoms with Crippen molar-refractivity contribution >= 4 is 21.8 Å². The second-order valence-electron chi connectivity index (χ2n) is 4.96. The Morgan fingerprint density at radius 2 is 2.14 bits per heavy atom. The first-order valence-corrected chi connectivity index (χ1v) is 7.87. The van der Waals surface area contributed by atoms with Gasteiger partial charge < -0.3 is 10.1 Å². The summed E-state index contributed by atoms with van der Waals surface area (Å²) < 4.78 is 7.99. The van der Waals surface area contributed by atoms with E-state index >= 15 is 0 Å². The lowest BCUT2D eigenvalue weighted by Gasteiger charge is -2.16. The van der Waals surface area contributed by atoms with Crippen LogP contribution in [0.15, 0.2) is 34.9 Å². The Labute approximate surface area is 132 Å². The van der Waals surface area contributed by atoms with Crippen LogP contribution in [0.2, 0.25) is 0 Å². The Hall–Kier alpha value is -1.59. The molecule has 2 heterocycles. The van der Waals surface area contributed by atoms with Gasteiger partial charge in [0.1, 0.15) is 5.75 Å². The molecule has 0 fully saturated rings. The number of carbonyl (C=O) groups is 1. The van der Waals surface area contributed by atoms with Crippen LogP contribution in [0.1, 0.15) is 28.5 Å². The molecular formula is C16H17BrN2O2. The number of aromatic nitrogens is 1. The van der Waals surface area contributed by atoms with Gasteiger partial charge in [-0.05, 0) is 58.7 Å². The Kier molecular flexibility index (Phi) is 4.12. The predicted octanol–water partition coefficient (Wildman–Crippen LogP) is 2.98. The molecule has 1 aromatic heterocycles. The molecule has 0 spiro atoms. The van der Waals surface area contributed by atoms with Gasteiger partial charge in [-0.1, -0.05) is 0 Å². The zero-order valence-electron chi connectivity index (χ0n) is 11.9. The van der Waals surface area contributed by atoms with Crippen LogP contribution >= 0.6 is 15.9 Å². The smallest absolute Gasteiger partial charge is 0.263 e. The number of nitrogens with zero attached hydrogens (tertiary/aromatic N) is 1. The number of hydrogen-bond donors (Lipinski definition) is 1. The van der Waals surface area contributed by atoms with Crippen LogP contribution in [0.4, 0.5) is 0 Å². The maximum Gasteiger partial charge on any atom is 0.263 e. The molecule has 1 aliphatic rings. The van der Waals surface area contributed by atoms with Crippen molar-refractivity contribution in [3.05, 3.63) is 51.8 Å². The topological polar surface area (TPSA) is 43.3 Å². The molecule has 4 nitrogen and oxygen atoms in total. The fourth-order valence-electron chi connectivity index (χ4n) is 2.63. The molecule has 0 saturated carbocycles. The number of fused-ring (bicyclic) bond motifs is 1. The van der Waals surface area contributed by atoms with Crippen molar-refractivity contribution in [3.63, 3.8) is 0 Å². The zero-order valence-corrected chi connectivity index (χ0v) is 13.4. The van der Waals surface area contributed by atoms with Gasteiger partial charge in [-0.25, -0.2) is 0 Å². The molecular weight excluding hydrogens is 332 g/mol. The Morgan fingerprint density at radius 1 is 1.38 bits per heavy atom. The van der Waals surface area contributed by atoms with Crippen molar-refractivity contribution in [2.75, 3.05) is 13.2 Å². The number of rotatable bonds is 3. The van der Waals surface area contributed by atoms with Gasteiger partial charge in [0.15, 0.2) is 0 Å². The summed E-state index contributed by atoms with van der Waals surface area (Å²) in [4.78, 5) is 12.7. The maximum atomic E-state index is 12.7. The van der Waals surface area contributed by atoms with Gasteiger partial charge in [0.05, 0.1) is 11.2 Å². The van der Waals surface area contributed by atoms with Crippen LogP contribution < -0.4 is 10.1 Å². The van der Waals surface area contributed by atoms with Gasteiger partial charge in [-0.3, -0.25) is 9.36 Å². The maximum absolute atomic E-state index is 12.7. The molecule has 0 atom stereocenters. The van der Waals surface area contributed by atoms with E-state index in [0.717, 1.165) is 35.6 Å². The third-order valence-electron chi connectivity index (χ3n) is 3.62. The number of halogens is 1.